The summed E-state index contributed by atoms with van der Waals surface area (Å²) in [5.74, 6) is 1.05. The summed E-state index contributed by atoms with van der Waals surface area (Å²) in [6.07, 6.45) is 0.720. The molecular weight excluding hydrogens is 402 g/mol. The maximum Gasteiger partial charge on any atom is 0.230 e. The van der Waals surface area contributed by atoms with Gasteiger partial charge in [-0.3, -0.25) is 4.79 Å². The number of benzene rings is 1. The number of carbonyl (C=O) groups excluding carboxylic acids is 1. The SMILES string of the molecule is CCS(=O)(=O)N1CCc2nc(NC(=O)Cc3ccc(OC)c(OC)c3)sc2C1. The second kappa shape index (κ2) is 8.46. The average molecular weight is 426 g/mol. The number of methoxy groups -OCH3 is 2. The molecule has 0 fully saturated rings. The van der Waals surface area contributed by atoms with Gasteiger partial charge in [-0.05, 0) is 24.6 Å². The predicted molar refractivity (Wildman–Crippen MR) is 108 cm³/mol. The molecule has 1 aromatic heterocycles. The first-order valence-electron chi connectivity index (χ1n) is 8.83. The van der Waals surface area contributed by atoms with Gasteiger partial charge in [0.05, 0.1) is 32.1 Å². The molecule has 0 saturated carbocycles. The predicted octanol–water partition coefficient (Wildman–Crippen LogP) is 2.05. The summed E-state index contributed by atoms with van der Waals surface area (Å²) in [6, 6.07) is 5.33. The summed E-state index contributed by atoms with van der Waals surface area (Å²) < 4.78 is 36.1. The second-order valence-corrected chi connectivity index (χ2v) is 9.63. The Morgan fingerprint density at radius 1 is 1.29 bits per heavy atom. The van der Waals surface area contributed by atoms with Gasteiger partial charge in [-0.25, -0.2) is 13.4 Å². The van der Waals surface area contributed by atoms with Gasteiger partial charge >= 0.3 is 0 Å². The number of rotatable bonds is 7. The Labute approximate surface area is 168 Å². The molecule has 0 bridgehead atoms. The number of sulfonamides is 1. The molecule has 0 saturated heterocycles. The number of amides is 1. The lowest BCUT2D eigenvalue weighted by Gasteiger charge is -2.24. The molecule has 3 rings (SSSR count). The molecule has 2 aromatic rings. The molecule has 1 aliphatic heterocycles. The molecule has 10 heteroatoms. The van der Waals surface area contributed by atoms with Crippen molar-refractivity contribution in [2.75, 3.05) is 31.8 Å². The molecule has 1 aromatic carbocycles. The molecule has 8 nitrogen and oxygen atoms in total. The van der Waals surface area contributed by atoms with E-state index in [-0.39, 0.29) is 18.1 Å². The standard InChI is InChI=1S/C18H23N3O5S2/c1-4-28(23,24)21-8-7-13-16(11-21)27-18(19-13)20-17(22)10-12-5-6-14(25-2)15(9-12)26-3/h5-6,9H,4,7-8,10-11H2,1-3H3,(H,19,20,22). The van der Waals surface area contributed by atoms with Crippen LogP contribution in [0.4, 0.5) is 5.13 Å². The molecule has 0 spiro atoms. The summed E-state index contributed by atoms with van der Waals surface area (Å²) >= 11 is 1.32. The monoisotopic (exact) mass is 425 g/mol. The van der Waals surface area contributed by atoms with Crippen LogP contribution in [0.25, 0.3) is 0 Å². The number of hydrogen-bond acceptors (Lipinski definition) is 7. The zero-order valence-electron chi connectivity index (χ0n) is 16.0. The summed E-state index contributed by atoms with van der Waals surface area (Å²) in [4.78, 5) is 17.7. The van der Waals surface area contributed by atoms with Gasteiger partial charge in [-0.2, -0.15) is 4.31 Å². The number of ether oxygens (including phenoxy) is 2. The van der Waals surface area contributed by atoms with Gasteiger partial charge in [-0.15, -0.1) is 11.3 Å². The van der Waals surface area contributed by atoms with Crippen molar-refractivity contribution in [2.45, 2.75) is 26.3 Å². The normalized spacial score (nSPS) is 14.4. The van der Waals surface area contributed by atoms with Crippen molar-refractivity contribution in [2.24, 2.45) is 0 Å². The summed E-state index contributed by atoms with van der Waals surface area (Å²) in [6.45, 7) is 2.37. The van der Waals surface area contributed by atoms with Crippen LogP contribution in [0.1, 0.15) is 23.1 Å². The van der Waals surface area contributed by atoms with E-state index in [1.54, 1.807) is 39.3 Å². The number of aromatic nitrogens is 1. The van der Waals surface area contributed by atoms with Gasteiger partial charge in [0.1, 0.15) is 0 Å². The Balaban J connectivity index is 1.66. The van der Waals surface area contributed by atoms with Crippen molar-refractivity contribution in [3.63, 3.8) is 0 Å². The van der Waals surface area contributed by atoms with Gasteiger partial charge in [-0.1, -0.05) is 6.07 Å². The van der Waals surface area contributed by atoms with Crippen LogP contribution in [0.3, 0.4) is 0 Å². The van der Waals surface area contributed by atoms with Crippen LogP contribution in [0.15, 0.2) is 18.2 Å². The number of nitrogens with zero attached hydrogens (tertiary/aromatic N) is 2. The fourth-order valence-electron chi connectivity index (χ4n) is 2.98. The van der Waals surface area contributed by atoms with Crippen LogP contribution in [0.2, 0.25) is 0 Å². The molecule has 1 aliphatic rings. The minimum atomic E-state index is -3.23. The molecule has 2 heterocycles. The summed E-state index contributed by atoms with van der Waals surface area (Å²) in [7, 11) is -0.126. The Kier molecular flexibility index (Phi) is 6.21. The summed E-state index contributed by atoms with van der Waals surface area (Å²) in [5.41, 5.74) is 1.64. The largest absolute Gasteiger partial charge is 0.493 e. The fourth-order valence-corrected chi connectivity index (χ4v) is 5.17. The van der Waals surface area contributed by atoms with E-state index in [1.165, 1.54) is 15.6 Å². The average Bonchev–Trinajstić information content (AvgIpc) is 3.08. The first-order valence-corrected chi connectivity index (χ1v) is 11.3. The third-order valence-electron chi connectivity index (χ3n) is 4.51. The number of thiazole rings is 1. The molecule has 0 radical (unpaired) electrons. The lowest BCUT2D eigenvalue weighted by atomic mass is 10.1. The maximum absolute atomic E-state index is 12.4. The van der Waals surface area contributed by atoms with Crippen molar-refractivity contribution >= 4 is 32.4 Å². The van der Waals surface area contributed by atoms with Crippen molar-refractivity contribution in [3.8, 4) is 11.5 Å². The highest BCUT2D eigenvalue weighted by Gasteiger charge is 2.28. The first kappa shape index (κ1) is 20.6. The number of nitrogens with one attached hydrogen (secondary N) is 1. The van der Waals surface area contributed by atoms with Crippen molar-refractivity contribution in [1.82, 2.24) is 9.29 Å². The van der Waals surface area contributed by atoms with E-state index < -0.39 is 10.0 Å². The van der Waals surface area contributed by atoms with Gasteiger partial charge in [0.25, 0.3) is 0 Å². The zero-order valence-corrected chi connectivity index (χ0v) is 17.7. The smallest absolute Gasteiger partial charge is 0.230 e. The number of carbonyl (C=O) groups is 1. The highest BCUT2D eigenvalue weighted by molar-refractivity contribution is 7.89. The minimum Gasteiger partial charge on any atom is -0.493 e. The van der Waals surface area contributed by atoms with Crippen LogP contribution in [-0.4, -0.2) is 50.1 Å². The molecule has 0 atom stereocenters. The number of hydrogen-bond donors (Lipinski definition) is 1. The van der Waals surface area contributed by atoms with Crippen molar-refractivity contribution in [1.29, 1.82) is 0 Å². The Hall–Kier alpha value is -2.17. The minimum absolute atomic E-state index is 0.0794. The second-order valence-electron chi connectivity index (χ2n) is 6.29. The van der Waals surface area contributed by atoms with Crippen molar-refractivity contribution in [3.05, 3.63) is 34.3 Å². The van der Waals surface area contributed by atoms with Crippen LogP contribution in [0, 0.1) is 0 Å². The van der Waals surface area contributed by atoms with Crippen LogP contribution >= 0.6 is 11.3 Å². The zero-order chi connectivity index (χ0) is 20.3. The lowest BCUT2D eigenvalue weighted by Crippen LogP contribution is -2.36. The third kappa shape index (κ3) is 4.45. The van der Waals surface area contributed by atoms with Gasteiger partial charge < -0.3 is 14.8 Å². The van der Waals surface area contributed by atoms with Crippen LogP contribution < -0.4 is 14.8 Å². The molecule has 1 N–H and O–H groups in total. The van der Waals surface area contributed by atoms with E-state index in [9.17, 15) is 13.2 Å². The van der Waals surface area contributed by atoms with Gasteiger partial charge in [0.15, 0.2) is 16.6 Å². The van der Waals surface area contributed by atoms with E-state index in [4.69, 9.17) is 9.47 Å². The molecule has 1 amide bonds. The number of fused-ring (bicyclic) bond motifs is 1. The Morgan fingerprint density at radius 2 is 2.04 bits per heavy atom. The number of anilines is 1. The van der Waals surface area contributed by atoms with E-state index >= 15 is 0 Å². The van der Waals surface area contributed by atoms with E-state index in [0.717, 1.165) is 16.1 Å². The fraction of sp³-hybridized carbons (Fsp3) is 0.444. The Morgan fingerprint density at radius 3 is 2.71 bits per heavy atom. The van der Waals surface area contributed by atoms with Crippen LogP contribution in [0.5, 0.6) is 11.5 Å². The highest BCUT2D eigenvalue weighted by Crippen LogP contribution is 2.30. The Bertz CT molecular complexity index is 972. The molecule has 152 valence electrons. The third-order valence-corrected chi connectivity index (χ3v) is 7.34. The first-order chi connectivity index (χ1) is 13.4. The van der Waals surface area contributed by atoms with Crippen LogP contribution in [-0.2, 0) is 34.2 Å². The topological polar surface area (TPSA) is 97.8 Å². The molecule has 28 heavy (non-hydrogen) atoms. The van der Waals surface area contributed by atoms with E-state index in [0.29, 0.717) is 36.1 Å². The maximum atomic E-state index is 12.4. The molecule has 0 unspecified atom stereocenters. The highest BCUT2D eigenvalue weighted by atomic mass is 32.2. The van der Waals surface area contributed by atoms with E-state index in [1.807, 2.05) is 0 Å². The lowest BCUT2D eigenvalue weighted by molar-refractivity contribution is -0.115. The van der Waals surface area contributed by atoms with Crippen molar-refractivity contribution < 1.29 is 22.7 Å². The van der Waals surface area contributed by atoms with E-state index in [2.05, 4.69) is 10.3 Å². The quantitative estimate of drug-likeness (QED) is 0.729. The van der Waals surface area contributed by atoms with Gasteiger partial charge in [0.2, 0.25) is 15.9 Å². The molecule has 0 aliphatic carbocycles. The summed E-state index contributed by atoms with van der Waals surface area (Å²) in [5, 5.41) is 3.30. The van der Waals surface area contributed by atoms with Gasteiger partial charge in [0, 0.05) is 24.4 Å². The molecular formula is C18H23N3O5S2.